The second-order valence-electron chi connectivity index (χ2n) is 13.8. The molecule has 2 heteroatoms. The van der Waals surface area contributed by atoms with Crippen LogP contribution in [-0.4, -0.2) is 4.57 Å². The van der Waals surface area contributed by atoms with Crippen molar-refractivity contribution < 1.29 is 0 Å². The minimum Gasteiger partial charge on any atom is -0.311 e. The van der Waals surface area contributed by atoms with Crippen molar-refractivity contribution in [3.8, 4) is 39.1 Å². The maximum Gasteiger partial charge on any atom is 0.0619 e. The number of hydrogen-bond donors (Lipinski definition) is 0. The summed E-state index contributed by atoms with van der Waals surface area (Å²) < 4.78 is 2.46. The minimum atomic E-state index is 1.10. The lowest BCUT2D eigenvalue weighted by molar-refractivity contribution is 1.18. The van der Waals surface area contributed by atoms with E-state index in [2.05, 4.69) is 228 Å². The van der Waals surface area contributed by atoms with Crippen LogP contribution in [-0.2, 0) is 0 Å². The van der Waals surface area contributed by atoms with Gasteiger partial charge in [-0.1, -0.05) is 164 Å². The Morgan fingerprint density at radius 1 is 0.315 bits per heavy atom. The van der Waals surface area contributed by atoms with Crippen molar-refractivity contribution in [2.45, 2.75) is 0 Å². The Bertz CT molecular complexity index is 2910. The average molecular weight is 689 g/mol. The highest BCUT2D eigenvalue weighted by atomic mass is 15.1. The number of benzene rings is 9. The molecule has 0 amide bonds. The first-order valence-electron chi connectivity index (χ1n) is 18.5. The summed E-state index contributed by atoms with van der Waals surface area (Å²) in [6.45, 7) is 0. The summed E-state index contributed by atoms with van der Waals surface area (Å²) in [4.78, 5) is 2.33. The van der Waals surface area contributed by atoms with Gasteiger partial charge < -0.3 is 9.47 Å². The van der Waals surface area contributed by atoms with E-state index >= 15 is 0 Å². The number of rotatable bonds is 7. The summed E-state index contributed by atoms with van der Waals surface area (Å²) in [5.74, 6) is 0. The van der Waals surface area contributed by atoms with Gasteiger partial charge in [-0.15, -0.1) is 0 Å². The van der Waals surface area contributed by atoms with Gasteiger partial charge in [0.2, 0.25) is 0 Å². The van der Waals surface area contributed by atoms with Crippen molar-refractivity contribution in [1.29, 1.82) is 0 Å². The maximum atomic E-state index is 2.46. The van der Waals surface area contributed by atoms with Crippen molar-refractivity contribution in [3.05, 3.63) is 218 Å². The van der Waals surface area contributed by atoms with Gasteiger partial charge in [0, 0.05) is 39.0 Å². The molecule has 0 spiro atoms. The van der Waals surface area contributed by atoms with Crippen LogP contribution >= 0.6 is 0 Å². The highest BCUT2D eigenvalue weighted by Gasteiger charge is 2.19. The van der Waals surface area contributed by atoms with E-state index in [1.807, 2.05) is 0 Å². The molecule has 10 aromatic rings. The van der Waals surface area contributed by atoms with E-state index < -0.39 is 0 Å². The third kappa shape index (κ3) is 5.53. The molecule has 0 N–H and O–H groups in total. The van der Waals surface area contributed by atoms with Crippen LogP contribution in [0.25, 0.3) is 71.6 Å². The first-order chi connectivity index (χ1) is 26.8. The maximum absolute atomic E-state index is 2.46. The van der Waals surface area contributed by atoms with E-state index in [9.17, 15) is 0 Å². The van der Waals surface area contributed by atoms with Crippen LogP contribution in [0.15, 0.2) is 218 Å². The Balaban J connectivity index is 1.07. The number of aromatic nitrogens is 1. The van der Waals surface area contributed by atoms with E-state index in [4.69, 9.17) is 0 Å². The van der Waals surface area contributed by atoms with Crippen LogP contribution in [0.2, 0.25) is 0 Å². The minimum absolute atomic E-state index is 1.10. The summed E-state index contributed by atoms with van der Waals surface area (Å²) in [7, 11) is 0. The Morgan fingerprint density at radius 3 is 1.63 bits per heavy atom. The fourth-order valence-corrected chi connectivity index (χ4v) is 8.02. The first-order valence-corrected chi connectivity index (χ1v) is 18.5. The third-order valence-corrected chi connectivity index (χ3v) is 10.6. The molecule has 0 saturated carbocycles. The van der Waals surface area contributed by atoms with Crippen molar-refractivity contribution in [1.82, 2.24) is 4.57 Å². The van der Waals surface area contributed by atoms with Crippen molar-refractivity contribution in [2.24, 2.45) is 0 Å². The Labute approximate surface area is 315 Å². The van der Waals surface area contributed by atoms with Gasteiger partial charge >= 0.3 is 0 Å². The summed E-state index contributed by atoms with van der Waals surface area (Å²) in [6, 6.07) is 78.8. The molecule has 1 heterocycles. The Morgan fingerprint density at radius 2 is 0.852 bits per heavy atom. The lowest BCUT2D eigenvalue weighted by Gasteiger charge is -2.26. The molecule has 0 fully saturated rings. The van der Waals surface area contributed by atoms with E-state index in [-0.39, 0.29) is 0 Å². The summed E-state index contributed by atoms with van der Waals surface area (Å²) in [5.41, 5.74) is 14.1. The molecule has 0 radical (unpaired) electrons. The number of hydrogen-bond acceptors (Lipinski definition) is 1. The molecule has 254 valence electrons. The fourth-order valence-electron chi connectivity index (χ4n) is 8.02. The van der Waals surface area contributed by atoms with E-state index in [0.29, 0.717) is 0 Å². The van der Waals surface area contributed by atoms with Crippen molar-refractivity contribution >= 4 is 49.6 Å². The zero-order chi connectivity index (χ0) is 35.8. The lowest BCUT2D eigenvalue weighted by atomic mass is 10.00. The molecule has 2 nitrogen and oxygen atoms in total. The van der Waals surface area contributed by atoms with Gasteiger partial charge in [0.1, 0.15) is 0 Å². The van der Waals surface area contributed by atoms with Gasteiger partial charge in [-0.3, -0.25) is 0 Å². The molecule has 9 aromatic carbocycles. The SMILES string of the molecule is c1ccc(-c2cccc3c4ccccc4n(-c4ccccc4-c4ccc(N(c5ccccc5)c5ccc(-c6ccc7ccccc7c6)cc5)cc4)c23)cc1. The summed E-state index contributed by atoms with van der Waals surface area (Å²) in [6.07, 6.45) is 0. The molecule has 0 atom stereocenters. The quantitative estimate of drug-likeness (QED) is 0.162. The molecule has 0 aliphatic rings. The molecule has 10 rings (SSSR count). The number of anilines is 3. The molecule has 54 heavy (non-hydrogen) atoms. The van der Waals surface area contributed by atoms with E-state index in [0.717, 1.165) is 28.3 Å². The highest BCUT2D eigenvalue weighted by Crippen LogP contribution is 2.42. The van der Waals surface area contributed by atoms with Crippen LogP contribution in [0.1, 0.15) is 0 Å². The smallest absolute Gasteiger partial charge is 0.0619 e. The van der Waals surface area contributed by atoms with Gasteiger partial charge in [-0.25, -0.2) is 0 Å². The molecule has 0 bridgehead atoms. The van der Waals surface area contributed by atoms with Crippen LogP contribution in [0, 0.1) is 0 Å². The van der Waals surface area contributed by atoms with Crippen LogP contribution < -0.4 is 4.90 Å². The Kier molecular flexibility index (Phi) is 7.85. The lowest BCUT2D eigenvalue weighted by Crippen LogP contribution is -2.09. The zero-order valence-electron chi connectivity index (χ0n) is 29.7. The second kappa shape index (κ2) is 13.4. The number of para-hydroxylation sites is 4. The molecule has 1 aromatic heterocycles. The fraction of sp³-hybridized carbons (Fsp3) is 0. The Hall–Kier alpha value is -7.16. The molecule has 0 unspecified atom stereocenters. The number of fused-ring (bicyclic) bond motifs is 4. The number of nitrogens with zero attached hydrogens (tertiary/aromatic N) is 2. The van der Waals surface area contributed by atoms with Crippen molar-refractivity contribution in [2.75, 3.05) is 4.90 Å². The highest BCUT2D eigenvalue weighted by molar-refractivity contribution is 6.14. The summed E-state index contributed by atoms with van der Waals surface area (Å²) in [5, 5.41) is 5.01. The van der Waals surface area contributed by atoms with Crippen LogP contribution in [0.5, 0.6) is 0 Å². The van der Waals surface area contributed by atoms with Gasteiger partial charge in [0.25, 0.3) is 0 Å². The molecular weight excluding hydrogens is 653 g/mol. The zero-order valence-corrected chi connectivity index (χ0v) is 29.7. The molecular formula is C52H36N2. The van der Waals surface area contributed by atoms with Gasteiger partial charge in [0.15, 0.2) is 0 Å². The van der Waals surface area contributed by atoms with Gasteiger partial charge in [0.05, 0.1) is 16.7 Å². The van der Waals surface area contributed by atoms with Crippen LogP contribution in [0.4, 0.5) is 17.1 Å². The van der Waals surface area contributed by atoms with Gasteiger partial charge in [-0.05, 0) is 87.6 Å². The van der Waals surface area contributed by atoms with Crippen LogP contribution in [0.3, 0.4) is 0 Å². The second-order valence-corrected chi connectivity index (χ2v) is 13.8. The predicted octanol–water partition coefficient (Wildman–Crippen LogP) is 14.4. The normalized spacial score (nSPS) is 11.3. The third-order valence-electron chi connectivity index (χ3n) is 10.6. The molecule has 0 aliphatic carbocycles. The predicted molar refractivity (Wildman–Crippen MR) is 229 cm³/mol. The largest absolute Gasteiger partial charge is 0.311 e. The van der Waals surface area contributed by atoms with Crippen molar-refractivity contribution in [3.63, 3.8) is 0 Å². The van der Waals surface area contributed by atoms with Gasteiger partial charge in [-0.2, -0.15) is 0 Å². The molecule has 0 saturated heterocycles. The monoisotopic (exact) mass is 688 g/mol. The average Bonchev–Trinajstić information content (AvgIpc) is 3.59. The topological polar surface area (TPSA) is 8.17 Å². The van der Waals surface area contributed by atoms with E-state index in [1.54, 1.807) is 0 Å². The molecule has 0 aliphatic heterocycles. The first kappa shape index (κ1) is 31.6. The summed E-state index contributed by atoms with van der Waals surface area (Å²) >= 11 is 0. The van der Waals surface area contributed by atoms with E-state index in [1.165, 1.54) is 60.4 Å². The standard InChI is InChI=1S/C52H36N2/c1-3-15-39(16-4-1)47-22-13-23-49-48-21-10-12-25-51(48)54(52(47)49)50-24-11-9-20-46(50)40-30-34-45(35-31-40)53(43-18-5-2-6-19-43)44-32-28-38(29-33-44)42-27-26-37-14-7-8-17-41(37)36-42/h1-36H.